The van der Waals surface area contributed by atoms with Gasteiger partial charge in [-0.1, -0.05) is 13.8 Å². The Hall–Kier alpha value is -2.09. The van der Waals surface area contributed by atoms with Gasteiger partial charge in [0.15, 0.2) is 0 Å². The number of fused-ring (bicyclic) bond motifs is 4. The third-order valence-corrected chi connectivity index (χ3v) is 8.45. The van der Waals surface area contributed by atoms with E-state index in [1.165, 1.54) is 84.0 Å². The zero-order chi connectivity index (χ0) is 21.1. The number of hydrogen-bond acceptors (Lipinski definition) is 1. The van der Waals surface area contributed by atoms with Crippen molar-refractivity contribution < 1.29 is 0 Å². The molecule has 2 nitrogen and oxygen atoms in total. The fourth-order valence-electron chi connectivity index (χ4n) is 7.25. The Kier molecular flexibility index (Phi) is 4.74. The van der Waals surface area contributed by atoms with Crippen LogP contribution in [-0.4, -0.2) is 26.2 Å². The lowest BCUT2D eigenvalue weighted by atomic mass is 9.76. The molecule has 0 spiro atoms. The Balaban J connectivity index is 0.000000902. The van der Waals surface area contributed by atoms with Gasteiger partial charge in [0, 0.05) is 42.7 Å². The van der Waals surface area contributed by atoms with E-state index in [2.05, 4.69) is 28.5 Å². The van der Waals surface area contributed by atoms with Crippen LogP contribution in [0.3, 0.4) is 0 Å². The number of aryl methyl sites for hydroxylation is 2. The Bertz CT molecular complexity index is 1190. The molecule has 0 atom stereocenters. The van der Waals surface area contributed by atoms with Gasteiger partial charge < -0.3 is 4.90 Å². The maximum Gasteiger partial charge on any atom is 0.206 e. The second kappa shape index (κ2) is 7.50. The van der Waals surface area contributed by atoms with E-state index in [1.807, 2.05) is 13.8 Å². The zero-order valence-corrected chi connectivity index (χ0v) is 19.7. The van der Waals surface area contributed by atoms with E-state index in [0.717, 1.165) is 0 Å². The maximum atomic E-state index is 2.71. The van der Waals surface area contributed by atoms with E-state index < -0.39 is 0 Å². The molecule has 0 unspecified atom stereocenters. The molecular formula is C29H37N2+. The lowest BCUT2D eigenvalue weighted by molar-refractivity contribution is 0.478. The van der Waals surface area contributed by atoms with Crippen molar-refractivity contribution in [2.45, 2.75) is 78.6 Å². The molecule has 31 heavy (non-hydrogen) atoms. The molecule has 0 N–H and O–H groups in total. The Morgan fingerprint density at radius 3 is 2.29 bits per heavy atom. The van der Waals surface area contributed by atoms with Crippen LogP contribution < -0.4 is 20.1 Å². The summed E-state index contributed by atoms with van der Waals surface area (Å²) in [7, 11) is 0. The minimum absolute atomic E-state index is 1.18. The summed E-state index contributed by atoms with van der Waals surface area (Å²) in [5, 5.41) is 3.23. The van der Waals surface area contributed by atoms with Gasteiger partial charge in [-0.25, -0.2) is 4.58 Å². The summed E-state index contributed by atoms with van der Waals surface area (Å²) in [5.74, 6) is 0. The molecule has 2 heteroatoms. The first-order valence-corrected chi connectivity index (χ1v) is 13.0. The lowest BCUT2D eigenvalue weighted by Gasteiger charge is -2.39. The molecule has 1 aliphatic carbocycles. The number of anilines is 1. The summed E-state index contributed by atoms with van der Waals surface area (Å²) in [5.41, 5.74) is 14.9. The molecule has 7 rings (SSSR count). The van der Waals surface area contributed by atoms with Crippen LogP contribution in [0.4, 0.5) is 5.69 Å². The Morgan fingerprint density at radius 2 is 1.45 bits per heavy atom. The highest BCUT2D eigenvalue weighted by Gasteiger charge is 2.32. The second-order valence-corrected chi connectivity index (χ2v) is 9.97. The van der Waals surface area contributed by atoms with Gasteiger partial charge in [-0.05, 0) is 103 Å². The van der Waals surface area contributed by atoms with Crippen LogP contribution in [0.2, 0.25) is 0 Å². The van der Waals surface area contributed by atoms with Gasteiger partial charge in [0.05, 0.1) is 0 Å². The summed E-state index contributed by atoms with van der Waals surface area (Å²) in [6, 6.07) is 5.20. The van der Waals surface area contributed by atoms with Crippen molar-refractivity contribution in [3.63, 3.8) is 0 Å². The second-order valence-electron chi connectivity index (χ2n) is 9.97. The number of benzene rings is 2. The van der Waals surface area contributed by atoms with Crippen molar-refractivity contribution in [3.05, 3.63) is 61.7 Å². The summed E-state index contributed by atoms with van der Waals surface area (Å²) in [4.78, 5) is 2.71. The summed E-state index contributed by atoms with van der Waals surface area (Å²) in [6.45, 7) is 11.5. The Morgan fingerprint density at radius 1 is 0.742 bits per heavy atom. The van der Waals surface area contributed by atoms with Crippen LogP contribution in [0, 0.1) is 0 Å². The minimum atomic E-state index is 1.18. The molecule has 2 aromatic carbocycles. The molecule has 4 aliphatic heterocycles. The zero-order valence-electron chi connectivity index (χ0n) is 19.7. The fraction of sp³-hybridized carbons (Fsp3) is 0.552. The predicted octanol–water partition coefficient (Wildman–Crippen LogP) is 3.92. The number of nitrogens with zero attached hydrogens (tertiary/aromatic N) is 2. The van der Waals surface area contributed by atoms with E-state index in [4.69, 9.17) is 0 Å². The van der Waals surface area contributed by atoms with Crippen molar-refractivity contribution >= 4 is 11.3 Å². The van der Waals surface area contributed by atoms with Crippen LogP contribution >= 0.6 is 0 Å². The van der Waals surface area contributed by atoms with Crippen molar-refractivity contribution in [1.82, 2.24) is 4.58 Å². The van der Waals surface area contributed by atoms with E-state index in [1.54, 1.807) is 60.8 Å². The third-order valence-electron chi connectivity index (χ3n) is 8.45. The smallest absolute Gasteiger partial charge is 0.206 e. The van der Waals surface area contributed by atoms with Crippen LogP contribution in [0.1, 0.15) is 85.4 Å². The first-order chi connectivity index (χ1) is 15.3. The molecular weight excluding hydrogens is 376 g/mol. The van der Waals surface area contributed by atoms with Crippen LogP contribution in [0.25, 0.3) is 5.57 Å². The average Bonchev–Trinajstić information content (AvgIpc) is 2.83. The standard InChI is InChI=1S/C27H31N2.C2H6/c1-17-22-14-18-6-2-10-28-12-4-8-20(26(18)28)24(22)16-25-21-9-5-13-29-11-3-7-19(27(21)29)15-23(17)25;1-2/h14-15H,2-13,16H2,1H3;1-2H3/q+1;. The van der Waals surface area contributed by atoms with Crippen molar-refractivity contribution in [1.29, 1.82) is 0 Å². The van der Waals surface area contributed by atoms with Crippen molar-refractivity contribution in [2.75, 3.05) is 31.1 Å². The summed E-state index contributed by atoms with van der Waals surface area (Å²) < 4.78 is 2.71. The van der Waals surface area contributed by atoms with Gasteiger partial charge in [-0.15, -0.1) is 0 Å². The largest absolute Gasteiger partial charge is 0.371 e. The van der Waals surface area contributed by atoms with E-state index >= 15 is 0 Å². The highest BCUT2D eigenvalue weighted by Crippen LogP contribution is 2.42. The van der Waals surface area contributed by atoms with Crippen LogP contribution in [0.5, 0.6) is 0 Å². The monoisotopic (exact) mass is 413 g/mol. The highest BCUT2D eigenvalue weighted by atomic mass is 15.1. The van der Waals surface area contributed by atoms with Gasteiger partial charge in [-0.2, -0.15) is 0 Å². The normalized spacial score (nSPS) is 20.2. The molecule has 0 bridgehead atoms. The van der Waals surface area contributed by atoms with Crippen molar-refractivity contribution in [3.8, 4) is 0 Å². The van der Waals surface area contributed by atoms with E-state index in [0.29, 0.717) is 0 Å². The molecule has 0 aromatic heterocycles. The quantitative estimate of drug-likeness (QED) is 0.594. The third kappa shape index (κ3) is 2.79. The van der Waals surface area contributed by atoms with Gasteiger partial charge in [0.2, 0.25) is 5.36 Å². The van der Waals surface area contributed by atoms with Gasteiger partial charge in [-0.3, -0.25) is 0 Å². The molecule has 0 saturated carbocycles. The highest BCUT2D eigenvalue weighted by molar-refractivity contribution is 5.79. The van der Waals surface area contributed by atoms with Crippen LogP contribution in [0.15, 0.2) is 12.1 Å². The van der Waals surface area contributed by atoms with Gasteiger partial charge >= 0.3 is 0 Å². The fourth-order valence-corrected chi connectivity index (χ4v) is 7.25. The first kappa shape index (κ1) is 19.6. The number of hydrogen-bond donors (Lipinski definition) is 0. The number of rotatable bonds is 0. The molecule has 0 fully saturated rings. The van der Waals surface area contributed by atoms with Crippen LogP contribution in [-0.2, 0) is 32.1 Å². The van der Waals surface area contributed by atoms with E-state index in [9.17, 15) is 0 Å². The molecule has 2 aromatic rings. The van der Waals surface area contributed by atoms with Gasteiger partial charge in [0.25, 0.3) is 0 Å². The molecule has 0 amide bonds. The lowest BCUT2D eigenvalue weighted by Crippen LogP contribution is -2.46. The topological polar surface area (TPSA) is 6.25 Å². The minimum Gasteiger partial charge on any atom is -0.371 e. The SMILES string of the molecule is CC.CC1=c2cc3c4c(c2Cc2c1cc1c5c2CCCN5CCC1)CCC[N+]=4CCC3. The van der Waals surface area contributed by atoms with Gasteiger partial charge in [0.1, 0.15) is 13.1 Å². The predicted molar refractivity (Wildman–Crippen MR) is 131 cm³/mol. The summed E-state index contributed by atoms with van der Waals surface area (Å²) >= 11 is 0. The molecule has 5 aliphatic rings. The molecule has 162 valence electrons. The molecule has 4 heterocycles. The summed E-state index contributed by atoms with van der Waals surface area (Å²) in [6.07, 6.45) is 11.6. The molecule has 0 saturated heterocycles. The average molecular weight is 414 g/mol. The Labute approximate surface area is 187 Å². The first-order valence-electron chi connectivity index (χ1n) is 13.0. The maximum absolute atomic E-state index is 2.71. The van der Waals surface area contributed by atoms with E-state index in [-0.39, 0.29) is 0 Å². The molecule has 0 radical (unpaired) electrons. The van der Waals surface area contributed by atoms with Crippen molar-refractivity contribution in [2.24, 2.45) is 0 Å².